The number of hydrogen-bond donors (Lipinski definition) is 2. The van der Waals surface area contributed by atoms with Crippen LogP contribution in [0.5, 0.6) is 0 Å². The number of hydrogen-bond acceptors (Lipinski definition) is 2. The first-order chi connectivity index (χ1) is 8.36. The second-order valence-electron chi connectivity index (χ2n) is 4.99. The molecule has 1 aromatic rings. The van der Waals surface area contributed by atoms with Gasteiger partial charge < -0.3 is 15.0 Å². The monoisotopic (exact) mass is 236 g/mol. The normalized spacial score (nSPS) is 22.5. The lowest BCUT2D eigenvalue weighted by Gasteiger charge is -2.22. The molecular formula is C14H24N2O. The van der Waals surface area contributed by atoms with Gasteiger partial charge in [-0.05, 0) is 63.7 Å². The smallest absolute Gasteiger partial charge is 0.0944 e. The van der Waals surface area contributed by atoms with E-state index in [4.69, 9.17) is 4.74 Å². The fourth-order valence-corrected chi connectivity index (χ4v) is 2.49. The van der Waals surface area contributed by atoms with E-state index >= 15 is 0 Å². The number of aromatic nitrogens is 1. The Morgan fingerprint density at radius 1 is 1.53 bits per heavy atom. The Kier molecular flexibility index (Phi) is 5.08. The molecule has 0 aromatic carbocycles. The molecule has 1 saturated heterocycles. The number of aromatic amines is 1. The molecule has 2 atom stereocenters. The number of H-pyrrole nitrogens is 1. The summed E-state index contributed by atoms with van der Waals surface area (Å²) in [6.07, 6.45) is 7.34. The third-order valence-electron chi connectivity index (χ3n) is 3.58. The van der Waals surface area contributed by atoms with Crippen LogP contribution < -0.4 is 5.32 Å². The first-order valence-electron chi connectivity index (χ1n) is 6.82. The molecule has 3 heteroatoms. The van der Waals surface area contributed by atoms with Crippen LogP contribution >= 0.6 is 0 Å². The number of nitrogens with one attached hydrogen (secondary N) is 2. The maximum Gasteiger partial charge on any atom is 0.0944 e. The first-order valence-corrected chi connectivity index (χ1v) is 6.82. The second kappa shape index (κ2) is 6.82. The standard InChI is InChI=1S/C14H24N2O/c1-12(14-7-3-9-16-14)17-10-4-6-13-5-2-8-15-11-13/h3,7,9,12-13,15-16H,2,4-6,8,10-11H2,1H3/t12-,13+/m0/s1. The summed E-state index contributed by atoms with van der Waals surface area (Å²) in [6.45, 7) is 5.38. The van der Waals surface area contributed by atoms with E-state index in [9.17, 15) is 0 Å². The van der Waals surface area contributed by atoms with Crippen molar-refractivity contribution in [3.05, 3.63) is 24.0 Å². The van der Waals surface area contributed by atoms with Crippen molar-refractivity contribution >= 4 is 0 Å². The predicted octanol–water partition coefficient (Wildman–Crippen LogP) is 2.87. The van der Waals surface area contributed by atoms with Crippen molar-refractivity contribution in [3.8, 4) is 0 Å². The van der Waals surface area contributed by atoms with Crippen molar-refractivity contribution in [2.75, 3.05) is 19.7 Å². The number of rotatable bonds is 6. The predicted molar refractivity (Wildman–Crippen MR) is 70.0 cm³/mol. The van der Waals surface area contributed by atoms with Gasteiger partial charge in [0.2, 0.25) is 0 Å². The van der Waals surface area contributed by atoms with Crippen molar-refractivity contribution in [3.63, 3.8) is 0 Å². The Morgan fingerprint density at radius 2 is 2.47 bits per heavy atom. The largest absolute Gasteiger partial charge is 0.372 e. The summed E-state index contributed by atoms with van der Waals surface area (Å²) in [5.74, 6) is 0.869. The Bertz CT molecular complexity index is 291. The highest BCUT2D eigenvalue weighted by atomic mass is 16.5. The van der Waals surface area contributed by atoms with Crippen LogP contribution in [0.15, 0.2) is 18.3 Å². The van der Waals surface area contributed by atoms with E-state index in [2.05, 4.69) is 23.3 Å². The highest BCUT2D eigenvalue weighted by molar-refractivity contribution is 5.06. The number of ether oxygens (including phenoxy) is 1. The minimum absolute atomic E-state index is 0.189. The van der Waals surface area contributed by atoms with Crippen molar-refractivity contribution in [2.24, 2.45) is 5.92 Å². The van der Waals surface area contributed by atoms with Gasteiger partial charge >= 0.3 is 0 Å². The summed E-state index contributed by atoms with van der Waals surface area (Å²) in [7, 11) is 0. The molecule has 2 rings (SSSR count). The average molecular weight is 236 g/mol. The Labute approximate surface area is 104 Å². The molecule has 96 valence electrons. The maximum absolute atomic E-state index is 5.83. The SMILES string of the molecule is C[C@H](OCCC[C@H]1CCCNC1)c1ccc[nH]1. The second-order valence-corrected chi connectivity index (χ2v) is 4.99. The molecule has 0 amide bonds. The lowest BCUT2D eigenvalue weighted by atomic mass is 9.95. The lowest BCUT2D eigenvalue weighted by molar-refractivity contribution is 0.0578. The molecule has 0 spiro atoms. The summed E-state index contributed by atoms with van der Waals surface area (Å²) in [5, 5.41) is 3.46. The molecule has 1 aromatic heterocycles. The summed E-state index contributed by atoms with van der Waals surface area (Å²) < 4.78 is 5.83. The molecule has 3 nitrogen and oxygen atoms in total. The third kappa shape index (κ3) is 4.17. The summed E-state index contributed by atoms with van der Waals surface area (Å²) in [4.78, 5) is 3.19. The van der Waals surface area contributed by atoms with E-state index in [1.807, 2.05) is 12.3 Å². The van der Waals surface area contributed by atoms with Crippen molar-refractivity contribution in [1.82, 2.24) is 10.3 Å². The van der Waals surface area contributed by atoms with Crippen molar-refractivity contribution in [1.29, 1.82) is 0 Å². The van der Waals surface area contributed by atoms with Gasteiger partial charge in [0.1, 0.15) is 0 Å². The molecule has 0 bridgehead atoms. The lowest BCUT2D eigenvalue weighted by Crippen LogP contribution is -2.29. The average Bonchev–Trinajstić information content (AvgIpc) is 2.89. The molecule has 0 aliphatic carbocycles. The van der Waals surface area contributed by atoms with Crippen LogP contribution in [0.1, 0.15) is 44.4 Å². The zero-order valence-corrected chi connectivity index (χ0v) is 10.7. The summed E-state index contributed by atoms with van der Waals surface area (Å²) >= 11 is 0. The van der Waals surface area contributed by atoms with E-state index < -0.39 is 0 Å². The molecule has 2 N–H and O–H groups in total. The molecule has 17 heavy (non-hydrogen) atoms. The van der Waals surface area contributed by atoms with Gasteiger partial charge in [0.25, 0.3) is 0 Å². The van der Waals surface area contributed by atoms with Gasteiger partial charge in [0.15, 0.2) is 0 Å². The van der Waals surface area contributed by atoms with Gasteiger partial charge in [-0.2, -0.15) is 0 Å². The van der Waals surface area contributed by atoms with E-state index in [0.29, 0.717) is 0 Å². The Balaban J connectivity index is 1.56. The van der Waals surface area contributed by atoms with Gasteiger partial charge in [-0.3, -0.25) is 0 Å². The molecular weight excluding hydrogens is 212 g/mol. The minimum Gasteiger partial charge on any atom is -0.372 e. The fraction of sp³-hybridized carbons (Fsp3) is 0.714. The van der Waals surface area contributed by atoms with Crippen molar-refractivity contribution < 1.29 is 4.74 Å². The molecule has 1 fully saturated rings. The highest BCUT2D eigenvalue weighted by Crippen LogP contribution is 2.18. The Morgan fingerprint density at radius 3 is 3.18 bits per heavy atom. The minimum atomic E-state index is 0.189. The fourth-order valence-electron chi connectivity index (χ4n) is 2.49. The summed E-state index contributed by atoms with van der Waals surface area (Å²) in [5.41, 5.74) is 1.17. The van der Waals surface area contributed by atoms with Gasteiger partial charge in [-0.15, -0.1) is 0 Å². The molecule has 2 heterocycles. The molecule has 0 unspecified atom stereocenters. The van der Waals surface area contributed by atoms with Crippen LogP contribution in [0.4, 0.5) is 0 Å². The molecule has 0 radical (unpaired) electrons. The van der Waals surface area contributed by atoms with Crippen LogP contribution in [0, 0.1) is 5.92 Å². The highest BCUT2D eigenvalue weighted by Gasteiger charge is 2.12. The van der Waals surface area contributed by atoms with Gasteiger partial charge in [0, 0.05) is 18.5 Å². The van der Waals surface area contributed by atoms with Crippen LogP contribution in [-0.4, -0.2) is 24.7 Å². The summed E-state index contributed by atoms with van der Waals surface area (Å²) in [6, 6.07) is 4.10. The van der Waals surface area contributed by atoms with E-state index in [1.165, 1.54) is 44.5 Å². The van der Waals surface area contributed by atoms with Crippen LogP contribution in [0.3, 0.4) is 0 Å². The van der Waals surface area contributed by atoms with Crippen LogP contribution in [0.25, 0.3) is 0 Å². The topological polar surface area (TPSA) is 37.0 Å². The Hall–Kier alpha value is -0.800. The maximum atomic E-state index is 5.83. The van der Waals surface area contributed by atoms with Crippen molar-refractivity contribution in [2.45, 2.75) is 38.7 Å². The van der Waals surface area contributed by atoms with Gasteiger partial charge in [0.05, 0.1) is 6.10 Å². The quantitative estimate of drug-likeness (QED) is 0.745. The van der Waals surface area contributed by atoms with E-state index in [1.54, 1.807) is 0 Å². The van der Waals surface area contributed by atoms with Crippen LogP contribution in [-0.2, 0) is 4.74 Å². The van der Waals surface area contributed by atoms with E-state index in [0.717, 1.165) is 12.5 Å². The zero-order valence-electron chi connectivity index (χ0n) is 10.7. The van der Waals surface area contributed by atoms with Gasteiger partial charge in [-0.1, -0.05) is 0 Å². The molecule has 0 saturated carbocycles. The van der Waals surface area contributed by atoms with Crippen LogP contribution in [0.2, 0.25) is 0 Å². The van der Waals surface area contributed by atoms with E-state index in [-0.39, 0.29) is 6.10 Å². The molecule has 1 aliphatic rings. The molecule has 1 aliphatic heterocycles. The first kappa shape index (κ1) is 12.7. The third-order valence-corrected chi connectivity index (χ3v) is 3.58. The zero-order chi connectivity index (χ0) is 11.9. The van der Waals surface area contributed by atoms with Gasteiger partial charge in [-0.25, -0.2) is 0 Å². The number of piperidine rings is 1.